The quantitative estimate of drug-likeness (QED) is 0.533. The van der Waals surface area contributed by atoms with Gasteiger partial charge in [-0.1, -0.05) is 6.08 Å². The maximum atomic E-state index is 11.1. The minimum Gasteiger partial charge on any atom is -0.459 e. The predicted molar refractivity (Wildman–Crippen MR) is 40.4 cm³/mol. The average Bonchev–Trinajstić information content (AvgIpc) is 2.62. The first-order valence-electron chi connectivity index (χ1n) is 3.99. The smallest absolute Gasteiger partial charge is 0.334 e. The molecule has 1 fully saturated rings. The molecule has 0 aromatic carbocycles. The van der Waals surface area contributed by atoms with Crippen LogP contribution in [0.15, 0.2) is 11.6 Å². The number of esters is 1. The van der Waals surface area contributed by atoms with Gasteiger partial charge in [-0.3, -0.25) is 0 Å². The lowest BCUT2D eigenvalue weighted by molar-refractivity contribution is -0.134. The summed E-state index contributed by atoms with van der Waals surface area (Å²) in [6.07, 6.45) is 5.62. The van der Waals surface area contributed by atoms with Crippen LogP contribution >= 0.6 is 0 Å². The summed E-state index contributed by atoms with van der Waals surface area (Å²) in [5, 5.41) is 0. The van der Waals surface area contributed by atoms with Crippen molar-refractivity contribution in [2.45, 2.75) is 19.3 Å². The van der Waals surface area contributed by atoms with E-state index >= 15 is 0 Å². The molecular formula is C9H11O2. The van der Waals surface area contributed by atoms with Crippen molar-refractivity contribution in [2.24, 2.45) is 11.8 Å². The van der Waals surface area contributed by atoms with Gasteiger partial charge in [0, 0.05) is 5.57 Å². The first-order chi connectivity index (χ1) is 5.31. The summed E-state index contributed by atoms with van der Waals surface area (Å²) in [6.45, 7) is 0. The van der Waals surface area contributed by atoms with Gasteiger partial charge >= 0.3 is 5.97 Å². The number of hydrogen-bond donors (Lipinski definition) is 0. The third-order valence-electron chi connectivity index (χ3n) is 2.70. The fourth-order valence-corrected chi connectivity index (χ4v) is 2.16. The second-order valence-electron chi connectivity index (χ2n) is 3.32. The van der Waals surface area contributed by atoms with Crippen molar-refractivity contribution in [3.8, 4) is 0 Å². The maximum Gasteiger partial charge on any atom is 0.334 e. The zero-order valence-corrected chi connectivity index (χ0v) is 6.38. The Morgan fingerprint density at radius 1 is 1.64 bits per heavy atom. The van der Waals surface area contributed by atoms with Gasteiger partial charge in [0.2, 0.25) is 0 Å². The van der Waals surface area contributed by atoms with E-state index in [4.69, 9.17) is 0 Å². The summed E-state index contributed by atoms with van der Waals surface area (Å²) in [5.41, 5.74) is 0.872. The van der Waals surface area contributed by atoms with Gasteiger partial charge in [0.1, 0.15) is 7.11 Å². The third kappa shape index (κ3) is 0.971. The molecule has 0 N–H and O–H groups in total. The Kier molecular flexibility index (Phi) is 1.48. The van der Waals surface area contributed by atoms with Crippen molar-refractivity contribution in [1.29, 1.82) is 0 Å². The molecule has 0 aromatic heterocycles. The molecular weight excluding hydrogens is 140 g/mol. The summed E-state index contributed by atoms with van der Waals surface area (Å²) in [4.78, 5) is 11.1. The summed E-state index contributed by atoms with van der Waals surface area (Å²) < 4.78 is 4.43. The van der Waals surface area contributed by atoms with Crippen LogP contribution in [0, 0.1) is 18.9 Å². The first kappa shape index (κ1) is 6.89. The van der Waals surface area contributed by atoms with Crippen molar-refractivity contribution in [3.05, 3.63) is 18.8 Å². The van der Waals surface area contributed by atoms with Crippen LogP contribution in [0.4, 0.5) is 0 Å². The van der Waals surface area contributed by atoms with Crippen LogP contribution in [-0.2, 0) is 9.53 Å². The zero-order valence-electron chi connectivity index (χ0n) is 6.38. The van der Waals surface area contributed by atoms with E-state index in [0.29, 0.717) is 11.8 Å². The molecule has 2 heteroatoms. The number of ether oxygens (including phenoxy) is 1. The first-order valence-corrected chi connectivity index (χ1v) is 3.99. The fourth-order valence-electron chi connectivity index (χ4n) is 2.16. The highest BCUT2D eigenvalue weighted by atomic mass is 16.5. The lowest BCUT2D eigenvalue weighted by atomic mass is 9.99. The van der Waals surface area contributed by atoms with E-state index in [1.165, 1.54) is 6.42 Å². The molecule has 11 heavy (non-hydrogen) atoms. The number of carbonyl (C=O) groups excluding carboxylic acids is 1. The molecule has 0 spiro atoms. The molecule has 2 rings (SSSR count). The summed E-state index contributed by atoms with van der Waals surface area (Å²) in [7, 11) is 3.12. The van der Waals surface area contributed by atoms with Crippen molar-refractivity contribution >= 4 is 5.97 Å². The number of allylic oxidation sites excluding steroid dienone is 1. The Hall–Kier alpha value is -0.790. The summed E-state index contributed by atoms with van der Waals surface area (Å²) in [5.74, 6) is 0.903. The largest absolute Gasteiger partial charge is 0.459 e. The summed E-state index contributed by atoms with van der Waals surface area (Å²) in [6, 6.07) is 0. The maximum absolute atomic E-state index is 11.1. The van der Waals surface area contributed by atoms with Gasteiger partial charge in [-0.25, -0.2) is 4.79 Å². The number of hydrogen-bond acceptors (Lipinski definition) is 2. The average molecular weight is 151 g/mol. The highest BCUT2D eigenvalue weighted by Gasteiger charge is 2.36. The molecule has 1 saturated carbocycles. The van der Waals surface area contributed by atoms with Gasteiger partial charge in [-0.15, -0.1) is 0 Å². The van der Waals surface area contributed by atoms with E-state index in [9.17, 15) is 4.79 Å². The third-order valence-corrected chi connectivity index (χ3v) is 2.70. The van der Waals surface area contributed by atoms with Gasteiger partial charge in [-0.2, -0.15) is 0 Å². The van der Waals surface area contributed by atoms with Crippen molar-refractivity contribution in [1.82, 2.24) is 0 Å². The molecule has 2 bridgehead atoms. The SMILES string of the molecule is [CH2]OC(=O)C1=CC2CCC1C2. The van der Waals surface area contributed by atoms with Gasteiger partial charge in [0.05, 0.1) is 0 Å². The van der Waals surface area contributed by atoms with E-state index in [1.807, 2.05) is 0 Å². The second kappa shape index (κ2) is 2.36. The Bertz CT molecular complexity index is 218. The van der Waals surface area contributed by atoms with Crippen LogP contribution in [0.3, 0.4) is 0 Å². The molecule has 0 amide bonds. The molecule has 0 aliphatic heterocycles. The normalized spacial score (nSPS) is 33.7. The van der Waals surface area contributed by atoms with Crippen LogP contribution in [-0.4, -0.2) is 5.97 Å². The van der Waals surface area contributed by atoms with E-state index < -0.39 is 0 Å². The standard InChI is InChI=1S/C9H11O2/c1-11-9(10)8-5-6-2-3-7(8)4-6/h5-7H,1-4H2. The molecule has 1 radical (unpaired) electrons. The molecule has 0 heterocycles. The zero-order chi connectivity index (χ0) is 7.84. The Morgan fingerprint density at radius 3 is 2.91 bits per heavy atom. The molecule has 2 unspecified atom stereocenters. The van der Waals surface area contributed by atoms with Gasteiger partial charge in [-0.05, 0) is 31.1 Å². The lowest BCUT2D eigenvalue weighted by Gasteiger charge is -2.09. The predicted octanol–water partition coefficient (Wildman–Crippen LogP) is 1.68. The van der Waals surface area contributed by atoms with Crippen molar-refractivity contribution < 1.29 is 9.53 Å². The second-order valence-corrected chi connectivity index (χ2v) is 3.32. The minimum atomic E-state index is -0.225. The monoisotopic (exact) mass is 151 g/mol. The number of rotatable bonds is 1. The molecule has 0 aromatic rings. The topological polar surface area (TPSA) is 26.3 Å². The van der Waals surface area contributed by atoms with E-state index in [-0.39, 0.29) is 5.97 Å². The molecule has 2 aliphatic rings. The molecule has 59 valence electrons. The molecule has 2 nitrogen and oxygen atoms in total. The Morgan fingerprint density at radius 2 is 2.45 bits per heavy atom. The van der Waals surface area contributed by atoms with Crippen LogP contribution < -0.4 is 0 Å². The molecule has 0 saturated heterocycles. The fraction of sp³-hybridized carbons (Fsp3) is 0.556. The van der Waals surface area contributed by atoms with Gasteiger partial charge in [0.25, 0.3) is 0 Å². The highest BCUT2D eigenvalue weighted by molar-refractivity contribution is 5.90. The van der Waals surface area contributed by atoms with Crippen molar-refractivity contribution in [2.75, 3.05) is 0 Å². The minimum absolute atomic E-state index is 0.225. The molecule has 2 aliphatic carbocycles. The highest BCUT2D eigenvalue weighted by Crippen LogP contribution is 2.43. The van der Waals surface area contributed by atoms with E-state index in [2.05, 4.69) is 17.9 Å². The Balaban J connectivity index is 2.16. The number of carbonyl (C=O) groups is 1. The van der Waals surface area contributed by atoms with E-state index in [1.54, 1.807) is 0 Å². The van der Waals surface area contributed by atoms with E-state index in [0.717, 1.165) is 18.4 Å². The number of fused-ring (bicyclic) bond motifs is 2. The van der Waals surface area contributed by atoms with Crippen LogP contribution in [0.1, 0.15) is 19.3 Å². The van der Waals surface area contributed by atoms with Crippen molar-refractivity contribution in [3.63, 3.8) is 0 Å². The van der Waals surface area contributed by atoms with Gasteiger partial charge < -0.3 is 4.74 Å². The van der Waals surface area contributed by atoms with Crippen LogP contribution in [0.5, 0.6) is 0 Å². The molecule has 2 atom stereocenters. The van der Waals surface area contributed by atoms with Crippen LogP contribution in [0.25, 0.3) is 0 Å². The van der Waals surface area contributed by atoms with Gasteiger partial charge in [0.15, 0.2) is 0 Å². The lowest BCUT2D eigenvalue weighted by Crippen LogP contribution is -2.09. The Labute approximate surface area is 66.2 Å². The summed E-state index contributed by atoms with van der Waals surface area (Å²) >= 11 is 0. The van der Waals surface area contributed by atoms with Crippen LogP contribution in [0.2, 0.25) is 0 Å².